The number of halogens is 2. The van der Waals surface area contributed by atoms with Crippen molar-refractivity contribution in [2.75, 3.05) is 0 Å². The molecule has 3 radical (unpaired) electrons. The predicted molar refractivity (Wildman–Crippen MR) is 41.4 cm³/mol. The van der Waals surface area contributed by atoms with Crippen LogP contribution in [-0.2, 0) is 0 Å². The number of rotatable bonds is 0. The van der Waals surface area contributed by atoms with Gasteiger partial charge in [-0.2, -0.15) is 0 Å². The Balaban J connectivity index is 0. The van der Waals surface area contributed by atoms with Gasteiger partial charge < -0.3 is 0 Å². The van der Waals surface area contributed by atoms with Crippen LogP contribution in [0.2, 0.25) is 0 Å². The fourth-order valence-corrected chi connectivity index (χ4v) is 0. The standard InChI is InChI=1S/Bi.I2S/c;1-3-2. The summed E-state index contributed by atoms with van der Waals surface area (Å²) in [5.41, 5.74) is 0. The van der Waals surface area contributed by atoms with Crippen molar-refractivity contribution in [3.8, 4) is 0 Å². The molecule has 0 aromatic carbocycles. The van der Waals surface area contributed by atoms with Crippen LogP contribution in [0, 0.1) is 0 Å². The molecule has 0 aromatic rings. The minimum Gasteiger partial charge on any atom is -0.0158 e. The summed E-state index contributed by atoms with van der Waals surface area (Å²) < 4.78 is 0. The summed E-state index contributed by atoms with van der Waals surface area (Å²) >= 11 is 4.38. The number of hydrogen-bond acceptors (Lipinski definition) is 1. The van der Waals surface area contributed by atoms with Crippen LogP contribution >= 0.6 is 48.5 Å². The molecule has 0 atom stereocenters. The van der Waals surface area contributed by atoms with Gasteiger partial charge in [-0.15, -0.1) is 0 Å². The minimum absolute atomic E-state index is 0. The molecule has 0 N–H and O–H groups in total. The van der Waals surface area contributed by atoms with E-state index in [0.717, 1.165) is 0 Å². The van der Waals surface area contributed by atoms with Crippen molar-refractivity contribution in [1.29, 1.82) is 0 Å². The molecule has 0 spiro atoms. The zero-order valence-electron chi connectivity index (χ0n) is 1.61. The fraction of sp³-hybridized carbons (Fsp3) is 0. The van der Waals surface area contributed by atoms with E-state index in [1.807, 2.05) is 0 Å². The third-order valence-electron chi connectivity index (χ3n) is 0. The molecular weight excluding hydrogens is 495 g/mol. The van der Waals surface area contributed by atoms with Gasteiger partial charge >= 0.3 is 0 Å². The summed E-state index contributed by atoms with van der Waals surface area (Å²) in [6, 6.07) is 0. The first-order valence-corrected chi connectivity index (χ1v) is 6.21. The molecular formula is BiI2S. The second-order valence-electron chi connectivity index (χ2n) is 0.0583. The molecule has 0 heterocycles. The normalized spacial score (nSPS) is 4.50. The SMILES string of the molecule is ISI.[Bi]. The van der Waals surface area contributed by atoms with E-state index in [0.29, 0.717) is 0 Å². The van der Waals surface area contributed by atoms with Crippen LogP contribution in [0.15, 0.2) is 0 Å². The maximum atomic E-state index is 2.19. The van der Waals surface area contributed by atoms with Gasteiger partial charge in [0.25, 0.3) is 0 Å². The molecule has 0 saturated carbocycles. The van der Waals surface area contributed by atoms with Gasteiger partial charge in [0.2, 0.25) is 0 Å². The van der Waals surface area contributed by atoms with Crippen molar-refractivity contribution in [2.24, 2.45) is 0 Å². The van der Waals surface area contributed by atoms with Crippen molar-refractivity contribution < 1.29 is 0 Å². The smallest absolute Gasteiger partial charge is 0.00791 e. The van der Waals surface area contributed by atoms with Crippen LogP contribution in [0.5, 0.6) is 0 Å². The molecule has 4 heteroatoms. The van der Waals surface area contributed by atoms with Crippen LogP contribution in [0.3, 0.4) is 0 Å². The van der Waals surface area contributed by atoms with Crippen LogP contribution in [0.4, 0.5) is 0 Å². The van der Waals surface area contributed by atoms with E-state index in [1.165, 1.54) is 0 Å². The maximum Gasteiger partial charge on any atom is 0.00791 e. The molecule has 0 nitrogen and oxygen atoms in total. The third-order valence-corrected chi connectivity index (χ3v) is 0. The summed E-state index contributed by atoms with van der Waals surface area (Å²) in [6.07, 6.45) is 1.69. The minimum atomic E-state index is 0. The van der Waals surface area contributed by atoms with Crippen molar-refractivity contribution in [2.45, 2.75) is 0 Å². The van der Waals surface area contributed by atoms with Crippen molar-refractivity contribution in [3.05, 3.63) is 0 Å². The Labute approximate surface area is 73.2 Å². The second kappa shape index (κ2) is 9.19. The van der Waals surface area contributed by atoms with Crippen molar-refractivity contribution in [3.63, 3.8) is 0 Å². The molecule has 0 saturated heterocycles. The van der Waals surface area contributed by atoms with Gasteiger partial charge in [0.15, 0.2) is 0 Å². The Morgan fingerprint density at radius 2 is 1.25 bits per heavy atom. The predicted octanol–water partition coefficient (Wildman–Crippen LogP) is 2.04. The Morgan fingerprint density at radius 3 is 1.25 bits per heavy atom. The second-order valence-corrected chi connectivity index (χ2v) is 7.87. The first kappa shape index (κ1) is 9.85. The van der Waals surface area contributed by atoms with Gasteiger partial charge in [0, 0.05) is 68.6 Å². The van der Waals surface area contributed by atoms with Crippen molar-refractivity contribution >= 4 is 74.7 Å². The van der Waals surface area contributed by atoms with Gasteiger partial charge in [-0.05, 0) is 6.10 Å². The maximum absolute atomic E-state index is 2.19. The van der Waals surface area contributed by atoms with E-state index < -0.39 is 0 Å². The Morgan fingerprint density at radius 1 is 1.25 bits per heavy atom. The molecule has 0 unspecified atom stereocenters. The largest absolute Gasteiger partial charge is 0.0158 e. The summed E-state index contributed by atoms with van der Waals surface area (Å²) in [4.78, 5) is 0. The van der Waals surface area contributed by atoms with Crippen LogP contribution in [0.1, 0.15) is 0 Å². The topological polar surface area (TPSA) is 0 Å². The zero-order chi connectivity index (χ0) is 2.71. The first-order chi connectivity index (χ1) is 1.41. The Kier molecular flexibility index (Phi) is 22.6. The molecule has 25 valence electrons. The molecule has 0 aliphatic heterocycles. The van der Waals surface area contributed by atoms with Gasteiger partial charge in [-0.3, -0.25) is 0 Å². The third kappa shape index (κ3) is 8.83. The molecule has 0 aromatic heterocycles. The monoisotopic (exact) mass is 495 g/mol. The van der Waals surface area contributed by atoms with E-state index in [9.17, 15) is 0 Å². The summed E-state index contributed by atoms with van der Waals surface area (Å²) in [5, 5.41) is 0. The van der Waals surface area contributed by atoms with Gasteiger partial charge in [-0.1, -0.05) is 0 Å². The van der Waals surface area contributed by atoms with Gasteiger partial charge in [0.05, 0.1) is 0 Å². The average Bonchev–Trinajstić information content (AvgIpc) is 0.918. The quantitative estimate of drug-likeness (QED) is 0.367. The van der Waals surface area contributed by atoms with Crippen LogP contribution in [-0.4, -0.2) is 26.2 Å². The summed E-state index contributed by atoms with van der Waals surface area (Å²) in [7, 11) is 0. The van der Waals surface area contributed by atoms with E-state index in [2.05, 4.69) is 42.4 Å². The molecule has 0 rings (SSSR count). The molecule has 4 heavy (non-hydrogen) atoms. The zero-order valence-corrected chi connectivity index (χ0v) is 10.2. The molecule has 0 aliphatic rings. The molecule has 0 bridgehead atoms. The molecule has 0 amide bonds. The first-order valence-electron chi connectivity index (χ1n) is 0.309. The van der Waals surface area contributed by atoms with E-state index in [1.54, 1.807) is 6.10 Å². The van der Waals surface area contributed by atoms with Crippen LogP contribution in [0.25, 0.3) is 0 Å². The average molecular weight is 495 g/mol. The van der Waals surface area contributed by atoms with Crippen molar-refractivity contribution in [1.82, 2.24) is 0 Å². The Bertz CT molecular complexity index is 6.00. The molecule has 0 fully saturated rings. The Hall–Kier alpha value is 2.69. The van der Waals surface area contributed by atoms with Crippen LogP contribution < -0.4 is 0 Å². The molecule has 0 aliphatic carbocycles. The summed E-state index contributed by atoms with van der Waals surface area (Å²) in [6.45, 7) is 0. The van der Waals surface area contributed by atoms with E-state index in [-0.39, 0.29) is 26.2 Å². The van der Waals surface area contributed by atoms with E-state index in [4.69, 9.17) is 0 Å². The fourth-order valence-electron chi connectivity index (χ4n) is 0. The van der Waals surface area contributed by atoms with Gasteiger partial charge in [0.1, 0.15) is 0 Å². The number of hydrogen-bond donors (Lipinski definition) is 0. The summed E-state index contributed by atoms with van der Waals surface area (Å²) in [5.74, 6) is 0. The van der Waals surface area contributed by atoms with Gasteiger partial charge in [-0.25, -0.2) is 0 Å². The van der Waals surface area contributed by atoms with E-state index >= 15 is 0 Å².